The number of pyridine rings is 10. The van der Waals surface area contributed by atoms with E-state index in [9.17, 15) is 4.79 Å². The van der Waals surface area contributed by atoms with Crippen LogP contribution in [0, 0.1) is 0 Å². The highest BCUT2D eigenvalue weighted by Gasteiger charge is 2.28. The van der Waals surface area contributed by atoms with Gasteiger partial charge in [0.25, 0.3) is 0 Å². The molecule has 10 aromatic rings. The van der Waals surface area contributed by atoms with E-state index in [4.69, 9.17) is 24.4 Å². The van der Waals surface area contributed by atoms with Crippen molar-refractivity contribution >= 4 is 11.8 Å². The molecule has 0 radical (unpaired) electrons. The predicted octanol–water partition coefficient (Wildman–Crippen LogP) is 22.1. The topological polar surface area (TPSA) is 285 Å². The highest BCUT2D eigenvalue weighted by molar-refractivity contribution is 5.74. The van der Waals surface area contributed by atoms with Gasteiger partial charge >= 0.3 is 6.03 Å². The summed E-state index contributed by atoms with van der Waals surface area (Å²) in [7, 11) is 7.62. The summed E-state index contributed by atoms with van der Waals surface area (Å²) in [5.74, 6) is 6.51. The summed E-state index contributed by atoms with van der Waals surface area (Å²) in [6.07, 6.45) is 26.5. The van der Waals surface area contributed by atoms with Crippen molar-refractivity contribution in [2.75, 3.05) is 158 Å². The Bertz CT molecular complexity index is 5100. The number of aliphatic hydroxyl groups is 2. The van der Waals surface area contributed by atoms with Crippen LogP contribution >= 0.6 is 0 Å². The largest absolute Gasteiger partial charge is 0.395 e. The van der Waals surface area contributed by atoms with Gasteiger partial charge in [-0.1, -0.05) is 219 Å². The molecule has 5 aliphatic rings. The molecule has 6 N–H and O–H groups in total. The number of ether oxygens (including phenoxy) is 3. The van der Waals surface area contributed by atoms with E-state index in [0.717, 1.165) is 150 Å². The fourth-order valence-corrected chi connectivity index (χ4v) is 15.6. The van der Waals surface area contributed by atoms with Gasteiger partial charge in [-0.15, -0.1) is 0 Å². The quantitative estimate of drug-likeness (QED) is 0.0196. The molecule has 27 heteroatoms. The van der Waals surface area contributed by atoms with Crippen LogP contribution in [0.15, 0.2) is 196 Å². The van der Waals surface area contributed by atoms with E-state index in [1.165, 1.54) is 125 Å². The average molecular weight is 2060 g/mol. The number of aliphatic hydroxyl groups excluding tert-OH is 2. The number of methoxy groups -OCH3 is 1. The van der Waals surface area contributed by atoms with Crippen molar-refractivity contribution in [2.45, 2.75) is 309 Å². The maximum Gasteiger partial charge on any atom is 0.317 e. The van der Waals surface area contributed by atoms with E-state index in [-0.39, 0.29) is 19.2 Å². The lowest BCUT2D eigenvalue weighted by atomic mass is 10.1. The molecule has 0 saturated carbocycles. The van der Waals surface area contributed by atoms with Gasteiger partial charge in [-0.25, -0.2) is 9.78 Å². The van der Waals surface area contributed by atoms with Crippen molar-refractivity contribution in [3.63, 3.8) is 0 Å². The zero-order valence-corrected chi connectivity index (χ0v) is 96.8. The number of morpholine rings is 1. The first-order valence-corrected chi connectivity index (χ1v) is 55.4. The normalized spacial score (nSPS) is 14.3. The van der Waals surface area contributed by atoms with Crippen molar-refractivity contribution in [3.05, 3.63) is 302 Å². The van der Waals surface area contributed by atoms with Gasteiger partial charge in [0, 0.05) is 187 Å². The number of nitrogens with one attached hydrogen (secondary N) is 4. The number of anilines is 1. The highest BCUT2D eigenvalue weighted by Crippen LogP contribution is 2.25. The van der Waals surface area contributed by atoms with Crippen molar-refractivity contribution in [1.82, 2.24) is 101 Å². The zero-order valence-electron chi connectivity index (χ0n) is 96.8. The van der Waals surface area contributed by atoms with Gasteiger partial charge in [-0.2, -0.15) is 0 Å². The Labute approximate surface area is 905 Å². The van der Waals surface area contributed by atoms with Crippen molar-refractivity contribution in [3.8, 4) is 0 Å². The van der Waals surface area contributed by atoms with Crippen LogP contribution in [0.4, 0.5) is 10.6 Å². The van der Waals surface area contributed by atoms with E-state index in [1.54, 1.807) is 12.0 Å². The number of hydrogen-bond donors (Lipinski definition) is 6. The van der Waals surface area contributed by atoms with E-state index in [2.05, 4.69) is 351 Å². The molecule has 10 aromatic heterocycles. The van der Waals surface area contributed by atoms with Gasteiger partial charge < -0.3 is 55.5 Å². The minimum Gasteiger partial charge on any atom is -0.395 e. The number of piperazine rings is 1. The number of allylic oxidation sites excluding steroid dienone is 1. The fourth-order valence-electron chi connectivity index (χ4n) is 15.6. The number of urea groups is 1. The lowest BCUT2D eigenvalue weighted by Gasteiger charge is -2.38. The molecule has 2 amide bonds. The van der Waals surface area contributed by atoms with Gasteiger partial charge in [0.05, 0.1) is 110 Å². The fraction of sp³-hybridized carbons (Fsp3) is 0.569. The lowest BCUT2D eigenvalue weighted by molar-refractivity contribution is -0.0702. The second-order valence-electron chi connectivity index (χ2n) is 42.9. The molecule has 0 unspecified atom stereocenters. The molecule has 5 saturated heterocycles. The Balaban J connectivity index is 0.000000256. The molecule has 0 aliphatic carbocycles. The molecular weight excluding hydrogens is 1870 g/mol. The van der Waals surface area contributed by atoms with Gasteiger partial charge in [0.15, 0.2) is 0 Å². The zero-order chi connectivity index (χ0) is 110. The standard InChI is InChI=1S/C15H25N3O.C15H24N2O2.C14H21N3O2.C13H20N2.C13H22N2.2C12H18N2.2C10H16N2.C9H13NO/c1-13(2)14-3-4-15(16-11-14)12-18-7-5-17(6-8-18)9-10-19;1-12(2)13-4-5-14(16-8-13)9-17-10-15(11-17)19-7-6-18-3;1-11(2)12-3-4-13(15-9-12)10-16-14(18)17-5-7-19-8-6-17;1-11(2)12-5-6-13(14-9-12)10-15-7-3-4-8-15;1-4-5-8-14-10-13-7-6-12(9-15-13)11(2)3;1-10(2)11-4-5-12(13-8-11)9-14-6-3-7-14;1-9(2)11-5-6-12(14-7-11)8-13-10(3)4;1-8(2)9-5-6-10(11-7-9)12(3)4;1-8(2)9-4-5-10(7-11-3)12-6-9;1-7(2)8-3-4-9(6-11)10-5-8/h3-4,11,13,19H,5-10,12H2,1-2H3;4-5,8,12,15H,6-7,9-11H2,1-3H3;3-4,9,11H,5-8,10H2,1-2H3,(H,16,18);5-6,9,11H,3-4,7-8,10H2,1-2H3;6-7,9,11,14H,4-5,8,10H2,1-3H3;4-5,8,10H,3,6-7,9H2,1-2H3;5-7,9,13H,3,8H2,1-2,4H3;5-8H,1-4H3;4-6,8,11H,7H2,1-3H3;3-5,7,11H,6H2,1-2H3. The third-order valence-electron chi connectivity index (χ3n) is 26.5. The third-order valence-corrected chi connectivity index (χ3v) is 26.5. The average Bonchev–Trinajstić information content (AvgIpc) is 0.911. The smallest absolute Gasteiger partial charge is 0.317 e. The van der Waals surface area contributed by atoms with Crippen molar-refractivity contribution in [1.29, 1.82) is 0 Å². The van der Waals surface area contributed by atoms with Gasteiger partial charge in [0.2, 0.25) is 0 Å². The number of hydrogen-bond acceptors (Lipinski definition) is 25. The number of carbonyl (C=O) groups excluding carboxylic acids is 1. The molecular formula is C123H193N21O6. The number of β-amino-alcohol motifs (C(OH)–C–C–N with tert-alkyl or cyclic N) is 1. The molecule has 0 atom stereocenters. The van der Waals surface area contributed by atoms with Crippen LogP contribution in [0.25, 0.3) is 0 Å². The summed E-state index contributed by atoms with van der Waals surface area (Å²) in [4.78, 5) is 71.6. The summed E-state index contributed by atoms with van der Waals surface area (Å²) in [6, 6.07) is 42.1. The van der Waals surface area contributed by atoms with Gasteiger partial charge in [-0.3, -0.25) is 69.4 Å². The number of nitrogens with zero attached hydrogens (tertiary/aromatic N) is 17. The number of carbonyl (C=O) groups is 1. The van der Waals surface area contributed by atoms with Crippen molar-refractivity contribution < 1.29 is 29.2 Å². The predicted molar refractivity (Wildman–Crippen MR) is 619 cm³/mol. The third kappa shape index (κ3) is 52.3. The molecule has 0 bridgehead atoms. The monoisotopic (exact) mass is 2060 g/mol. The first-order chi connectivity index (χ1) is 72.0. The molecule has 826 valence electrons. The molecule has 15 heterocycles. The number of unbranched alkanes of at least 4 members (excludes halogenated alkanes) is 1. The van der Waals surface area contributed by atoms with Gasteiger partial charge in [-0.05, 0) is 248 Å². The van der Waals surface area contributed by atoms with E-state index in [1.807, 2.05) is 113 Å². The minimum atomic E-state index is -0.0435. The minimum absolute atomic E-state index is 0.0262. The molecule has 0 spiro atoms. The number of rotatable bonds is 38. The van der Waals surface area contributed by atoms with E-state index >= 15 is 0 Å². The Hall–Kier alpha value is -10.4. The Kier molecular flexibility index (Phi) is 62.5. The van der Waals surface area contributed by atoms with Crippen LogP contribution in [0.3, 0.4) is 0 Å². The molecule has 0 aromatic carbocycles. The van der Waals surface area contributed by atoms with Crippen LogP contribution in [0.1, 0.15) is 350 Å². The molecule has 27 nitrogen and oxygen atoms in total. The maximum absolute atomic E-state index is 11.9. The van der Waals surface area contributed by atoms with E-state index in [0.29, 0.717) is 111 Å². The Morgan fingerprint density at radius 1 is 0.387 bits per heavy atom. The second kappa shape index (κ2) is 73.0. The molecule has 150 heavy (non-hydrogen) atoms. The van der Waals surface area contributed by atoms with Crippen LogP contribution in [0.2, 0.25) is 0 Å². The summed E-state index contributed by atoms with van der Waals surface area (Å²) in [6.45, 7) is 75.6. The molecule has 5 aliphatic heterocycles. The van der Waals surface area contributed by atoms with E-state index < -0.39 is 0 Å². The second-order valence-corrected chi connectivity index (χ2v) is 42.9. The van der Waals surface area contributed by atoms with Crippen LogP contribution in [-0.4, -0.2) is 255 Å². The summed E-state index contributed by atoms with van der Waals surface area (Å²) < 4.78 is 15.8. The van der Waals surface area contributed by atoms with Crippen LogP contribution in [0.5, 0.6) is 0 Å². The van der Waals surface area contributed by atoms with Crippen LogP contribution < -0.4 is 26.2 Å². The van der Waals surface area contributed by atoms with Crippen LogP contribution in [-0.2, 0) is 73.2 Å². The maximum atomic E-state index is 11.9. The highest BCUT2D eigenvalue weighted by atomic mass is 16.5. The van der Waals surface area contributed by atoms with Gasteiger partial charge in [0.1, 0.15) is 5.82 Å². The Morgan fingerprint density at radius 2 is 0.693 bits per heavy atom. The SMILES string of the molecule is C=C(C)NCc1ccc(C(C)C)cn1.CC(C)c1ccc(CN2CCC2)nc1.CC(C)c1ccc(CN2CCCC2)nc1.CC(C)c1ccc(CN2CCN(CCO)CC2)nc1.CC(C)c1ccc(CNC(=O)N2CCOCC2)nc1.CC(C)c1ccc(CO)nc1.CC(C)c1ccc(N(C)C)nc1.CCCCNCc1ccc(C(C)C)cn1.CNCc1ccc(C(C)C)cn1.COCCOC1CN(Cc2ccc(C(C)C)cn2)C1. The number of amides is 2. The van der Waals surface area contributed by atoms with Crippen molar-refractivity contribution in [2.24, 2.45) is 0 Å². The lowest BCUT2D eigenvalue weighted by Crippen LogP contribution is -2.51. The Morgan fingerprint density at radius 3 is 0.980 bits per heavy atom. The number of likely N-dealkylation sites (tertiary alicyclic amines) is 3. The summed E-state index contributed by atoms with van der Waals surface area (Å²) in [5.41, 5.74) is 23.4. The summed E-state index contributed by atoms with van der Waals surface area (Å²) in [5, 5.41) is 30.1. The first kappa shape index (κ1) is 128. The molecule has 15 rings (SSSR count). The summed E-state index contributed by atoms with van der Waals surface area (Å²) >= 11 is 0. The first-order valence-electron chi connectivity index (χ1n) is 55.4. The number of aromatic nitrogens is 10. The molecule has 5 fully saturated rings.